The zero-order valence-corrected chi connectivity index (χ0v) is 8.23. The third-order valence-corrected chi connectivity index (χ3v) is 2.89. The summed E-state index contributed by atoms with van der Waals surface area (Å²) >= 11 is 0. The summed E-state index contributed by atoms with van der Waals surface area (Å²) in [5.74, 6) is 0. The van der Waals surface area contributed by atoms with Crippen LogP contribution in [0.5, 0.6) is 0 Å². The molecule has 0 spiro atoms. The first-order valence-corrected chi connectivity index (χ1v) is 5.07. The van der Waals surface area contributed by atoms with Gasteiger partial charge in [-0.15, -0.1) is 0 Å². The minimum absolute atomic E-state index is 0.125. The van der Waals surface area contributed by atoms with Crippen molar-refractivity contribution in [2.24, 2.45) is 0 Å². The maximum absolute atomic E-state index is 11.9. The molecular weight excluding hydrogens is 184 g/mol. The van der Waals surface area contributed by atoms with Crippen LogP contribution < -0.4 is 5.43 Å². The Morgan fingerprint density at radius 1 is 0.800 bits per heavy atom. The molecule has 72 valence electrons. The molecule has 0 bridgehead atoms. The van der Waals surface area contributed by atoms with Crippen molar-refractivity contribution in [3.63, 3.8) is 0 Å². The van der Waals surface area contributed by atoms with E-state index >= 15 is 0 Å². The number of benzene rings is 1. The highest BCUT2D eigenvalue weighted by molar-refractivity contribution is 5.75. The molecule has 0 fully saturated rings. The van der Waals surface area contributed by atoms with Crippen LogP contribution in [0.1, 0.15) is 11.1 Å². The molecule has 0 atom stereocenters. The van der Waals surface area contributed by atoms with E-state index in [9.17, 15) is 4.79 Å². The molecular formula is C14H10O. The Morgan fingerprint density at radius 3 is 2.33 bits per heavy atom. The third-order valence-electron chi connectivity index (χ3n) is 2.89. The zero-order valence-electron chi connectivity index (χ0n) is 8.23. The van der Waals surface area contributed by atoms with Gasteiger partial charge in [-0.25, -0.2) is 0 Å². The molecule has 1 heteroatoms. The molecule has 0 saturated heterocycles. The highest BCUT2D eigenvalue weighted by Crippen LogP contribution is 2.32. The van der Waals surface area contributed by atoms with Crippen molar-refractivity contribution >= 4 is 0 Å². The summed E-state index contributed by atoms with van der Waals surface area (Å²) in [4.78, 5) is 11.9. The van der Waals surface area contributed by atoms with Crippen LogP contribution in [0.3, 0.4) is 0 Å². The van der Waals surface area contributed by atoms with E-state index in [0.717, 1.165) is 23.1 Å². The van der Waals surface area contributed by atoms with Gasteiger partial charge in [0, 0.05) is 5.56 Å². The second-order valence-electron chi connectivity index (χ2n) is 3.82. The Hall–Kier alpha value is -1.89. The van der Waals surface area contributed by atoms with E-state index in [2.05, 4.69) is 6.07 Å². The van der Waals surface area contributed by atoms with E-state index in [1.807, 2.05) is 36.4 Å². The molecule has 3 rings (SSSR count). The molecule has 0 heterocycles. The maximum Gasteiger partial charge on any atom is 0.186 e. The summed E-state index contributed by atoms with van der Waals surface area (Å²) in [7, 11) is 0. The SMILES string of the molecule is O=c1ccccc2c1-c1ccccc1C2. The molecule has 2 aromatic carbocycles. The van der Waals surface area contributed by atoms with E-state index < -0.39 is 0 Å². The van der Waals surface area contributed by atoms with Gasteiger partial charge in [-0.1, -0.05) is 42.5 Å². The van der Waals surface area contributed by atoms with Gasteiger partial charge in [0.25, 0.3) is 0 Å². The average Bonchev–Trinajstić information content (AvgIpc) is 2.53. The largest absolute Gasteiger partial charge is 0.289 e. The molecule has 15 heavy (non-hydrogen) atoms. The van der Waals surface area contributed by atoms with Crippen molar-refractivity contribution in [2.45, 2.75) is 6.42 Å². The van der Waals surface area contributed by atoms with Crippen LogP contribution in [-0.2, 0) is 6.42 Å². The van der Waals surface area contributed by atoms with Gasteiger partial charge in [0.1, 0.15) is 0 Å². The summed E-state index contributed by atoms with van der Waals surface area (Å²) in [6.07, 6.45) is 0.884. The summed E-state index contributed by atoms with van der Waals surface area (Å²) in [6, 6.07) is 15.6. The molecule has 0 radical (unpaired) electrons. The molecule has 0 aromatic heterocycles. The zero-order chi connectivity index (χ0) is 10.3. The van der Waals surface area contributed by atoms with E-state index in [-0.39, 0.29) is 5.43 Å². The lowest BCUT2D eigenvalue weighted by molar-refractivity contribution is 1.27. The Balaban J connectivity index is 2.43. The normalized spacial score (nSPS) is 12.0. The topological polar surface area (TPSA) is 17.1 Å². The number of hydrogen-bond donors (Lipinski definition) is 0. The minimum Gasteiger partial charge on any atom is -0.289 e. The van der Waals surface area contributed by atoms with E-state index in [0.29, 0.717) is 0 Å². The summed E-state index contributed by atoms with van der Waals surface area (Å²) in [5, 5.41) is 0. The van der Waals surface area contributed by atoms with Crippen LogP contribution in [-0.4, -0.2) is 0 Å². The Kier molecular flexibility index (Phi) is 1.72. The van der Waals surface area contributed by atoms with E-state index in [1.165, 1.54) is 5.56 Å². The Morgan fingerprint density at radius 2 is 1.47 bits per heavy atom. The standard InChI is InChI=1S/C14H10O/c15-13-8-4-2-6-11-9-10-5-1-3-7-12(10)14(11)13/h1-8H,9H2. The number of hydrogen-bond acceptors (Lipinski definition) is 1. The van der Waals surface area contributed by atoms with Gasteiger partial charge in [-0.2, -0.15) is 0 Å². The van der Waals surface area contributed by atoms with Crippen molar-refractivity contribution < 1.29 is 0 Å². The van der Waals surface area contributed by atoms with Gasteiger partial charge in [0.2, 0.25) is 0 Å². The first-order valence-electron chi connectivity index (χ1n) is 5.07. The van der Waals surface area contributed by atoms with Gasteiger partial charge in [0.05, 0.1) is 0 Å². The predicted molar refractivity (Wildman–Crippen MR) is 61.0 cm³/mol. The van der Waals surface area contributed by atoms with Crippen molar-refractivity contribution in [2.75, 3.05) is 0 Å². The van der Waals surface area contributed by atoms with Crippen LogP contribution >= 0.6 is 0 Å². The predicted octanol–water partition coefficient (Wildman–Crippen LogP) is 2.62. The second kappa shape index (κ2) is 3.06. The van der Waals surface area contributed by atoms with Gasteiger partial charge >= 0.3 is 0 Å². The lowest BCUT2D eigenvalue weighted by atomic mass is 10.1. The lowest BCUT2D eigenvalue weighted by Crippen LogP contribution is -1.98. The fourth-order valence-corrected chi connectivity index (χ4v) is 2.22. The van der Waals surface area contributed by atoms with E-state index in [4.69, 9.17) is 0 Å². The van der Waals surface area contributed by atoms with Crippen molar-refractivity contribution in [1.29, 1.82) is 0 Å². The highest BCUT2D eigenvalue weighted by atomic mass is 16.1. The van der Waals surface area contributed by atoms with E-state index in [1.54, 1.807) is 6.07 Å². The molecule has 1 nitrogen and oxygen atoms in total. The Labute approximate surface area is 88.0 Å². The smallest absolute Gasteiger partial charge is 0.186 e. The monoisotopic (exact) mass is 194 g/mol. The van der Waals surface area contributed by atoms with Crippen LogP contribution in [0.25, 0.3) is 11.1 Å². The quantitative estimate of drug-likeness (QED) is 0.537. The number of rotatable bonds is 0. The number of fused-ring (bicyclic) bond motifs is 3. The van der Waals surface area contributed by atoms with Crippen LogP contribution in [0.4, 0.5) is 0 Å². The maximum atomic E-state index is 11.9. The van der Waals surface area contributed by atoms with Crippen molar-refractivity contribution in [1.82, 2.24) is 0 Å². The molecule has 1 aliphatic carbocycles. The lowest BCUT2D eigenvalue weighted by Gasteiger charge is -1.95. The van der Waals surface area contributed by atoms with Crippen molar-refractivity contribution in [3.8, 4) is 11.1 Å². The molecule has 2 aromatic rings. The summed E-state index contributed by atoms with van der Waals surface area (Å²) in [5.41, 5.74) is 4.52. The first kappa shape index (κ1) is 8.42. The summed E-state index contributed by atoms with van der Waals surface area (Å²) < 4.78 is 0. The molecule has 0 N–H and O–H groups in total. The molecule has 1 aliphatic rings. The summed E-state index contributed by atoms with van der Waals surface area (Å²) in [6.45, 7) is 0. The average molecular weight is 194 g/mol. The van der Waals surface area contributed by atoms with Gasteiger partial charge in [-0.05, 0) is 29.2 Å². The molecule has 0 aliphatic heterocycles. The molecule has 0 saturated carbocycles. The first-order chi connectivity index (χ1) is 7.36. The van der Waals surface area contributed by atoms with Gasteiger partial charge in [-0.3, -0.25) is 4.79 Å². The van der Waals surface area contributed by atoms with Crippen LogP contribution in [0, 0.1) is 0 Å². The van der Waals surface area contributed by atoms with Crippen molar-refractivity contribution in [3.05, 3.63) is 69.9 Å². The molecule has 0 unspecified atom stereocenters. The van der Waals surface area contributed by atoms with Gasteiger partial charge < -0.3 is 0 Å². The van der Waals surface area contributed by atoms with Gasteiger partial charge in [0.15, 0.2) is 5.43 Å². The van der Waals surface area contributed by atoms with Crippen LogP contribution in [0.2, 0.25) is 0 Å². The van der Waals surface area contributed by atoms with Crippen LogP contribution in [0.15, 0.2) is 53.3 Å². The highest BCUT2D eigenvalue weighted by Gasteiger charge is 2.18. The molecule has 0 amide bonds. The second-order valence-corrected chi connectivity index (χ2v) is 3.82. The third kappa shape index (κ3) is 1.20. The fourth-order valence-electron chi connectivity index (χ4n) is 2.22. The fraction of sp³-hybridized carbons (Fsp3) is 0.0714. The minimum atomic E-state index is 0.125. The Bertz CT molecular complexity index is 585.